The zero-order chi connectivity index (χ0) is 15.5. The van der Waals surface area contributed by atoms with Crippen LogP contribution < -0.4 is 4.72 Å². The third-order valence-electron chi connectivity index (χ3n) is 3.66. The van der Waals surface area contributed by atoms with Gasteiger partial charge in [0, 0.05) is 18.2 Å². The SMILES string of the molecule is CC(=O)c1ccc(S(=O)(=O)NC(C)CN2CCCC2)cc1. The Bertz CT molecular complexity index is 590. The molecule has 1 aromatic carbocycles. The third-order valence-corrected chi connectivity index (χ3v) is 5.26. The minimum Gasteiger partial charge on any atom is -0.302 e. The van der Waals surface area contributed by atoms with Crippen LogP contribution in [-0.4, -0.2) is 44.8 Å². The molecular weight excluding hydrogens is 288 g/mol. The highest BCUT2D eigenvalue weighted by molar-refractivity contribution is 7.89. The molecule has 1 aliphatic heterocycles. The van der Waals surface area contributed by atoms with E-state index in [-0.39, 0.29) is 16.7 Å². The minimum absolute atomic E-state index is 0.0747. The number of hydrogen-bond donors (Lipinski definition) is 1. The Morgan fingerprint density at radius 2 is 1.81 bits per heavy atom. The molecule has 1 N–H and O–H groups in total. The molecule has 5 nitrogen and oxygen atoms in total. The number of hydrogen-bond acceptors (Lipinski definition) is 4. The van der Waals surface area contributed by atoms with E-state index < -0.39 is 10.0 Å². The molecule has 1 aliphatic rings. The first-order chi connectivity index (χ1) is 9.88. The van der Waals surface area contributed by atoms with Gasteiger partial charge in [-0.1, -0.05) is 12.1 Å². The average molecular weight is 310 g/mol. The van der Waals surface area contributed by atoms with Gasteiger partial charge in [-0.2, -0.15) is 0 Å². The summed E-state index contributed by atoms with van der Waals surface area (Å²) in [6, 6.07) is 5.90. The van der Waals surface area contributed by atoms with Crippen LogP contribution in [0.1, 0.15) is 37.0 Å². The van der Waals surface area contributed by atoms with Gasteiger partial charge in [0.05, 0.1) is 4.90 Å². The van der Waals surface area contributed by atoms with Gasteiger partial charge in [-0.3, -0.25) is 4.79 Å². The van der Waals surface area contributed by atoms with E-state index in [1.807, 2.05) is 6.92 Å². The maximum absolute atomic E-state index is 12.3. The lowest BCUT2D eigenvalue weighted by molar-refractivity contribution is 0.101. The number of Topliss-reactive ketones (excluding diaryl/α,β-unsaturated/α-hetero) is 1. The van der Waals surface area contributed by atoms with Crippen LogP contribution in [0.5, 0.6) is 0 Å². The van der Waals surface area contributed by atoms with E-state index in [0.717, 1.165) is 19.6 Å². The van der Waals surface area contributed by atoms with Crippen LogP contribution in [-0.2, 0) is 10.0 Å². The highest BCUT2D eigenvalue weighted by Crippen LogP contribution is 2.13. The molecule has 1 aromatic rings. The standard InChI is InChI=1S/C15H22N2O3S/c1-12(11-17-9-3-4-10-17)16-21(19,20)15-7-5-14(6-8-15)13(2)18/h5-8,12,16H,3-4,9-11H2,1-2H3. The summed E-state index contributed by atoms with van der Waals surface area (Å²) >= 11 is 0. The Balaban J connectivity index is 2.01. The van der Waals surface area contributed by atoms with Crippen molar-refractivity contribution >= 4 is 15.8 Å². The highest BCUT2D eigenvalue weighted by Gasteiger charge is 2.20. The summed E-state index contributed by atoms with van der Waals surface area (Å²) in [4.78, 5) is 13.7. The lowest BCUT2D eigenvalue weighted by atomic mass is 10.2. The van der Waals surface area contributed by atoms with Gasteiger partial charge in [0.25, 0.3) is 0 Å². The van der Waals surface area contributed by atoms with Crippen molar-refractivity contribution in [1.82, 2.24) is 9.62 Å². The molecule has 0 aromatic heterocycles. The molecule has 0 amide bonds. The van der Waals surface area contributed by atoms with E-state index in [4.69, 9.17) is 0 Å². The maximum Gasteiger partial charge on any atom is 0.240 e. The molecule has 21 heavy (non-hydrogen) atoms. The Labute approximate surface area is 126 Å². The smallest absolute Gasteiger partial charge is 0.240 e. The minimum atomic E-state index is -3.53. The summed E-state index contributed by atoms with van der Waals surface area (Å²) in [6.07, 6.45) is 2.37. The topological polar surface area (TPSA) is 66.5 Å². The fraction of sp³-hybridized carbons (Fsp3) is 0.533. The van der Waals surface area contributed by atoms with E-state index >= 15 is 0 Å². The molecule has 116 valence electrons. The Kier molecular flexibility index (Phi) is 5.13. The second-order valence-corrected chi connectivity index (χ2v) is 7.32. The van der Waals surface area contributed by atoms with Crippen LogP contribution in [0.3, 0.4) is 0 Å². The van der Waals surface area contributed by atoms with Gasteiger partial charge in [0.2, 0.25) is 10.0 Å². The zero-order valence-electron chi connectivity index (χ0n) is 12.5. The first kappa shape index (κ1) is 16.1. The van der Waals surface area contributed by atoms with Crippen molar-refractivity contribution in [3.8, 4) is 0 Å². The summed E-state index contributed by atoms with van der Waals surface area (Å²) in [5, 5.41) is 0. The predicted molar refractivity (Wildman–Crippen MR) is 81.9 cm³/mol. The number of sulfonamides is 1. The average Bonchev–Trinajstić information content (AvgIpc) is 2.90. The molecule has 1 atom stereocenters. The van der Waals surface area contributed by atoms with Gasteiger partial charge in [-0.05, 0) is 51.9 Å². The number of rotatable bonds is 6. The number of likely N-dealkylation sites (tertiary alicyclic amines) is 1. The first-order valence-corrected chi connectivity index (χ1v) is 8.72. The van der Waals surface area contributed by atoms with E-state index in [1.165, 1.54) is 31.9 Å². The van der Waals surface area contributed by atoms with Crippen LogP contribution in [0.25, 0.3) is 0 Å². The number of carbonyl (C=O) groups is 1. The molecule has 1 unspecified atom stereocenters. The number of nitrogens with one attached hydrogen (secondary N) is 1. The van der Waals surface area contributed by atoms with Crippen molar-refractivity contribution in [2.75, 3.05) is 19.6 Å². The zero-order valence-corrected chi connectivity index (χ0v) is 13.3. The van der Waals surface area contributed by atoms with Gasteiger partial charge >= 0.3 is 0 Å². The van der Waals surface area contributed by atoms with E-state index in [9.17, 15) is 13.2 Å². The first-order valence-electron chi connectivity index (χ1n) is 7.24. The van der Waals surface area contributed by atoms with Gasteiger partial charge in [-0.15, -0.1) is 0 Å². The quantitative estimate of drug-likeness (QED) is 0.811. The molecule has 6 heteroatoms. The molecule has 0 aliphatic carbocycles. The fourth-order valence-electron chi connectivity index (χ4n) is 2.59. The van der Waals surface area contributed by atoms with Crippen LogP contribution in [0.2, 0.25) is 0 Å². The summed E-state index contributed by atoms with van der Waals surface area (Å²) < 4.78 is 27.3. The second kappa shape index (κ2) is 6.68. The molecule has 1 fully saturated rings. The van der Waals surface area contributed by atoms with Gasteiger partial charge in [0.15, 0.2) is 5.78 Å². The molecule has 0 saturated carbocycles. The van der Waals surface area contributed by atoms with Crippen LogP contribution in [0, 0.1) is 0 Å². The molecule has 1 heterocycles. The van der Waals surface area contributed by atoms with Crippen LogP contribution in [0.4, 0.5) is 0 Å². The van der Waals surface area contributed by atoms with Crippen molar-refractivity contribution in [2.24, 2.45) is 0 Å². The molecule has 0 spiro atoms. The molecular formula is C15H22N2O3S. The summed E-state index contributed by atoms with van der Waals surface area (Å²) in [6.45, 7) is 6.14. The van der Waals surface area contributed by atoms with Crippen molar-refractivity contribution in [3.05, 3.63) is 29.8 Å². The van der Waals surface area contributed by atoms with Crippen molar-refractivity contribution in [3.63, 3.8) is 0 Å². The molecule has 1 saturated heterocycles. The summed E-state index contributed by atoms with van der Waals surface area (Å²) in [7, 11) is -3.53. The third kappa shape index (κ3) is 4.36. The number of carbonyl (C=O) groups excluding carboxylic acids is 1. The maximum atomic E-state index is 12.3. The number of nitrogens with zero attached hydrogens (tertiary/aromatic N) is 1. The van der Waals surface area contributed by atoms with Crippen molar-refractivity contribution in [2.45, 2.75) is 37.6 Å². The van der Waals surface area contributed by atoms with Crippen LogP contribution >= 0.6 is 0 Å². The van der Waals surface area contributed by atoms with Gasteiger partial charge < -0.3 is 4.90 Å². The normalized spacial score (nSPS) is 17.8. The van der Waals surface area contributed by atoms with Gasteiger partial charge in [-0.25, -0.2) is 13.1 Å². The Hall–Kier alpha value is -1.24. The lowest BCUT2D eigenvalue weighted by Gasteiger charge is -2.21. The predicted octanol–water partition coefficient (Wildman–Crippen LogP) is 1.65. The van der Waals surface area contributed by atoms with Gasteiger partial charge in [0.1, 0.15) is 0 Å². The summed E-state index contributed by atoms with van der Waals surface area (Å²) in [5.41, 5.74) is 0.513. The van der Waals surface area contributed by atoms with Crippen LogP contribution in [0.15, 0.2) is 29.2 Å². The second-order valence-electron chi connectivity index (χ2n) is 5.61. The van der Waals surface area contributed by atoms with E-state index in [0.29, 0.717) is 5.56 Å². The highest BCUT2D eigenvalue weighted by atomic mass is 32.2. The van der Waals surface area contributed by atoms with E-state index in [1.54, 1.807) is 12.1 Å². The Morgan fingerprint density at radius 1 is 1.24 bits per heavy atom. The number of benzene rings is 1. The fourth-order valence-corrected chi connectivity index (χ4v) is 3.83. The lowest BCUT2D eigenvalue weighted by Crippen LogP contribution is -2.41. The number of ketones is 1. The molecule has 2 rings (SSSR count). The van der Waals surface area contributed by atoms with E-state index in [2.05, 4.69) is 9.62 Å². The van der Waals surface area contributed by atoms with Crippen molar-refractivity contribution < 1.29 is 13.2 Å². The monoisotopic (exact) mass is 310 g/mol. The summed E-state index contributed by atoms with van der Waals surface area (Å²) in [5.74, 6) is -0.0747. The molecule has 0 bridgehead atoms. The van der Waals surface area contributed by atoms with Crippen molar-refractivity contribution in [1.29, 1.82) is 0 Å². The molecule has 0 radical (unpaired) electrons. The Morgan fingerprint density at radius 3 is 2.33 bits per heavy atom. The largest absolute Gasteiger partial charge is 0.302 e.